The first-order valence-corrected chi connectivity index (χ1v) is 4.56. The van der Waals surface area contributed by atoms with Crippen molar-refractivity contribution in [2.24, 2.45) is 10.7 Å². The summed E-state index contributed by atoms with van der Waals surface area (Å²) in [4.78, 5) is 25.9. The van der Waals surface area contributed by atoms with Crippen LogP contribution < -0.4 is 16.3 Å². The van der Waals surface area contributed by atoms with Crippen LogP contribution in [0.25, 0.3) is 5.70 Å². The number of carbonyl (C=O) groups excluding carboxylic acids is 2. The van der Waals surface area contributed by atoms with E-state index in [1.165, 1.54) is 0 Å². The van der Waals surface area contributed by atoms with Crippen molar-refractivity contribution in [1.29, 1.82) is 0 Å². The lowest BCUT2D eigenvalue weighted by Gasteiger charge is -2.13. The van der Waals surface area contributed by atoms with Crippen LogP contribution in [0.3, 0.4) is 0 Å². The Morgan fingerprint density at radius 3 is 2.81 bits per heavy atom. The number of nitrogens with two attached hydrogens (primary N) is 1. The number of hydrogen-bond acceptors (Lipinski definition) is 4. The maximum atomic E-state index is 11.5. The number of hydroxylamine groups is 2. The van der Waals surface area contributed by atoms with Crippen molar-refractivity contribution >= 4 is 17.5 Å². The third kappa shape index (κ3) is 1.66. The quantitative estimate of drug-likeness (QED) is 0.582. The van der Waals surface area contributed by atoms with Crippen LogP contribution >= 0.6 is 0 Å². The van der Waals surface area contributed by atoms with E-state index in [0.29, 0.717) is 15.6 Å². The van der Waals surface area contributed by atoms with E-state index in [2.05, 4.69) is 4.99 Å². The van der Waals surface area contributed by atoms with Crippen molar-refractivity contribution < 1.29 is 14.8 Å². The fraction of sp³-hybridized carbons (Fsp3) is 0.100. The highest BCUT2D eigenvalue weighted by molar-refractivity contribution is 6.14. The summed E-state index contributed by atoms with van der Waals surface area (Å²) >= 11 is 0. The molecule has 0 radical (unpaired) electrons. The van der Waals surface area contributed by atoms with E-state index in [9.17, 15) is 14.8 Å². The van der Waals surface area contributed by atoms with Crippen LogP contribution in [0, 0.1) is 0 Å². The fourth-order valence-corrected chi connectivity index (χ4v) is 1.53. The second kappa shape index (κ2) is 3.74. The summed E-state index contributed by atoms with van der Waals surface area (Å²) in [5.41, 5.74) is 4.91. The van der Waals surface area contributed by atoms with E-state index in [-0.39, 0.29) is 5.70 Å². The minimum Gasteiger partial charge on any atom is -0.368 e. The van der Waals surface area contributed by atoms with Crippen LogP contribution in [0.5, 0.6) is 0 Å². The third-order valence-electron chi connectivity index (χ3n) is 2.15. The predicted molar refractivity (Wildman–Crippen MR) is 53.3 cm³/mol. The summed E-state index contributed by atoms with van der Waals surface area (Å²) in [6.07, 6.45) is 0. The van der Waals surface area contributed by atoms with Gasteiger partial charge in [0.25, 0.3) is 5.91 Å². The standard InChI is InChI=1S/C10H9N3O3/c11-8(14)5-13(16)9-6-3-1-2-4-7(6)12-10(9)15/h1-4,16H,5H2,(H2,11,14). The van der Waals surface area contributed by atoms with Crippen LogP contribution in [0.4, 0.5) is 0 Å². The zero-order valence-corrected chi connectivity index (χ0v) is 8.25. The van der Waals surface area contributed by atoms with Crippen molar-refractivity contribution in [2.75, 3.05) is 6.54 Å². The summed E-state index contributed by atoms with van der Waals surface area (Å²) in [6.45, 7) is -0.440. The first-order chi connectivity index (χ1) is 7.59. The van der Waals surface area contributed by atoms with E-state index >= 15 is 0 Å². The maximum absolute atomic E-state index is 11.5. The monoisotopic (exact) mass is 219 g/mol. The Morgan fingerprint density at radius 1 is 1.44 bits per heavy atom. The van der Waals surface area contributed by atoms with Gasteiger partial charge in [-0.2, -0.15) is 0 Å². The molecule has 1 aliphatic heterocycles. The molecule has 0 saturated carbocycles. The number of rotatable bonds is 3. The number of para-hydroxylation sites is 1. The molecule has 0 spiro atoms. The van der Waals surface area contributed by atoms with E-state index in [4.69, 9.17) is 5.73 Å². The molecule has 1 aromatic carbocycles. The number of benzene rings is 1. The Bertz CT molecular complexity index is 579. The molecule has 16 heavy (non-hydrogen) atoms. The van der Waals surface area contributed by atoms with Gasteiger partial charge < -0.3 is 5.73 Å². The number of primary amides is 1. The maximum Gasteiger partial charge on any atom is 0.296 e. The summed E-state index contributed by atoms with van der Waals surface area (Å²) in [6, 6.07) is 6.74. The molecule has 3 N–H and O–H groups in total. The molecule has 1 aliphatic rings. The predicted octanol–water partition coefficient (Wildman–Crippen LogP) is -1.87. The highest BCUT2D eigenvalue weighted by Gasteiger charge is 2.22. The molecule has 6 heteroatoms. The zero-order chi connectivity index (χ0) is 11.7. The average molecular weight is 219 g/mol. The average Bonchev–Trinajstić information content (AvgIpc) is 2.52. The molecular formula is C10H9N3O3. The second-order valence-corrected chi connectivity index (χ2v) is 3.31. The van der Waals surface area contributed by atoms with Gasteiger partial charge in [0.05, 0.1) is 5.36 Å². The Labute approximate surface area is 90.3 Å². The minimum absolute atomic E-state index is 0.0191. The molecule has 0 saturated heterocycles. The molecule has 2 amide bonds. The second-order valence-electron chi connectivity index (χ2n) is 3.31. The van der Waals surface area contributed by atoms with Gasteiger partial charge in [0.1, 0.15) is 12.2 Å². The molecule has 1 heterocycles. The van der Waals surface area contributed by atoms with Crippen LogP contribution in [0.15, 0.2) is 29.3 Å². The Hall–Kier alpha value is -2.21. The number of hydrogen-bond donors (Lipinski definition) is 2. The van der Waals surface area contributed by atoms with Crippen molar-refractivity contribution in [3.8, 4) is 0 Å². The van der Waals surface area contributed by atoms with E-state index in [1.807, 2.05) is 0 Å². The summed E-state index contributed by atoms with van der Waals surface area (Å²) in [5.74, 6) is -1.31. The smallest absolute Gasteiger partial charge is 0.296 e. The number of amides is 2. The molecule has 2 rings (SSSR count). The first kappa shape index (κ1) is 10.3. The Kier molecular flexibility index (Phi) is 2.41. The topological polar surface area (TPSA) is 96.0 Å². The fourth-order valence-electron chi connectivity index (χ4n) is 1.53. The van der Waals surface area contributed by atoms with Crippen LogP contribution in [0.2, 0.25) is 0 Å². The van der Waals surface area contributed by atoms with Crippen molar-refractivity contribution in [2.45, 2.75) is 0 Å². The first-order valence-electron chi connectivity index (χ1n) is 4.56. The van der Waals surface area contributed by atoms with Gasteiger partial charge in [0, 0.05) is 5.22 Å². The Balaban J connectivity index is 2.54. The molecule has 0 unspecified atom stereocenters. The van der Waals surface area contributed by atoms with E-state index < -0.39 is 18.4 Å². The van der Waals surface area contributed by atoms with Crippen molar-refractivity contribution in [3.05, 3.63) is 34.8 Å². The molecule has 0 aromatic heterocycles. The Morgan fingerprint density at radius 2 is 2.12 bits per heavy atom. The highest BCUT2D eigenvalue weighted by atomic mass is 16.5. The lowest BCUT2D eigenvalue weighted by atomic mass is 10.2. The highest BCUT2D eigenvalue weighted by Crippen LogP contribution is 2.04. The molecule has 0 aliphatic carbocycles. The van der Waals surface area contributed by atoms with Gasteiger partial charge in [-0.3, -0.25) is 14.8 Å². The summed E-state index contributed by atoms with van der Waals surface area (Å²) in [7, 11) is 0. The zero-order valence-electron chi connectivity index (χ0n) is 8.25. The van der Waals surface area contributed by atoms with Gasteiger partial charge in [-0.1, -0.05) is 18.2 Å². The van der Waals surface area contributed by atoms with E-state index in [0.717, 1.165) is 0 Å². The molecule has 0 bridgehead atoms. The molecule has 1 aromatic rings. The van der Waals surface area contributed by atoms with Crippen molar-refractivity contribution in [1.82, 2.24) is 5.06 Å². The lowest BCUT2D eigenvalue weighted by Crippen LogP contribution is -2.35. The molecular weight excluding hydrogens is 210 g/mol. The van der Waals surface area contributed by atoms with Gasteiger partial charge in [-0.15, -0.1) is 0 Å². The molecule has 0 atom stereocenters. The number of carbonyl (C=O) groups is 2. The SMILES string of the molecule is NC(=O)CN(O)C1=c2ccccc2=NC1=O. The van der Waals surface area contributed by atoms with Crippen LogP contribution in [0.1, 0.15) is 0 Å². The van der Waals surface area contributed by atoms with Crippen LogP contribution in [-0.2, 0) is 9.59 Å². The van der Waals surface area contributed by atoms with Gasteiger partial charge in [0.15, 0.2) is 0 Å². The van der Waals surface area contributed by atoms with E-state index in [1.54, 1.807) is 24.3 Å². The van der Waals surface area contributed by atoms with Gasteiger partial charge in [-0.25, -0.2) is 10.1 Å². The van der Waals surface area contributed by atoms with Crippen LogP contribution in [-0.4, -0.2) is 28.6 Å². The third-order valence-corrected chi connectivity index (χ3v) is 2.15. The lowest BCUT2D eigenvalue weighted by molar-refractivity contribution is -0.127. The summed E-state index contributed by atoms with van der Waals surface area (Å²) < 4.78 is 0. The minimum atomic E-state index is -0.729. The van der Waals surface area contributed by atoms with Crippen molar-refractivity contribution in [3.63, 3.8) is 0 Å². The normalized spacial score (nSPS) is 13.3. The van der Waals surface area contributed by atoms with Gasteiger partial charge in [0.2, 0.25) is 5.91 Å². The number of fused-ring (bicyclic) bond motifs is 1. The van der Waals surface area contributed by atoms with Gasteiger partial charge in [-0.05, 0) is 6.07 Å². The number of nitrogens with zero attached hydrogens (tertiary/aromatic N) is 2. The molecule has 6 nitrogen and oxygen atoms in total. The largest absolute Gasteiger partial charge is 0.368 e. The molecule has 82 valence electrons. The van der Waals surface area contributed by atoms with Gasteiger partial charge >= 0.3 is 0 Å². The molecule has 0 fully saturated rings. The summed E-state index contributed by atoms with van der Waals surface area (Å²) in [5, 5.41) is 11.1.